The van der Waals surface area contributed by atoms with Crippen molar-refractivity contribution in [2.75, 3.05) is 0 Å². The molecule has 3 nitrogen and oxygen atoms in total. The molecule has 1 heterocycles. The summed E-state index contributed by atoms with van der Waals surface area (Å²) in [5.74, 6) is -0.885. The first-order chi connectivity index (χ1) is 8.18. The number of benzene rings is 1. The summed E-state index contributed by atoms with van der Waals surface area (Å²) in [6.45, 7) is 0. The quantitative estimate of drug-likeness (QED) is 0.849. The van der Waals surface area contributed by atoms with Gasteiger partial charge in [-0.3, -0.25) is 4.79 Å². The van der Waals surface area contributed by atoms with Crippen LogP contribution >= 0.6 is 11.6 Å². The molecular weight excluding hydrogens is 238 g/mol. The Morgan fingerprint density at radius 3 is 2.59 bits per heavy atom. The molecule has 1 aromatic heterocycles. The van der Waals surface area contributed by atoms with Gasteiger partial charge in [-0.2, -0.15) is 0 Å². The Kier molecular flexibility index (Phi) is 3.40. The maximum Gasteiger partial charge on any atom is 0.307 e. The molecule has 0 spiro atoms. The van der Waals surface area contributed by atoms with Gasteiger partial charge in [-0.05, 0) is 17.2 Å². The molecule has 1 N–H and O–H groups in total. The van der Waals surface area contributed by atoms with Gasteiger partial charge in [-0.1, -0.05) is 41.9 Å². The van der Waals surface area contributed by atoms with Crippen molar-refractivity contribution in [3.8, 4) is 11.1 Å². The third kappa shape index (κ3) is 2.63. The normalized spacial score (nSPS) is 10.2. The number of rotatable bonds is 3. The minimum Gasteiger partial charge on any atom is -0.481 e. The van der Waals surface area contributed by atoms with Gasteiger partial charge in [0.1, 0.15) is 5.15 Å². The van der Waals surface area contributed by atoms with Crippen LogP contribution in [0.25, 0.3) is 11.1 Å². The third-order valence-electron chi connectivity index (χ3n) is 2.40. The van der Waals surface area contributed by atoms with Crippen LogP contribution in [0.15, 0.2) is 42.6 Å². The van der Waals surface area contributed by atoms with E-state index in [2.05, 4.69) is 4.98 Å². The maximum absolute atomic E-state index is 10.8. The zero-order valence-electron chi connectivity index (χ0n) is 8.93. The number of nitrogens with zero attached hydrogens (tertiary/aromatic N) is 1. The second kappa shape index (κ2) is 4.97. The second-order valence-corrected chi connectivity index (χ2v) is 3.93. The first-order valence-electron chi connectivity index (χ1n) is 5.09. The topological polar surface area (TPSA) is 50.2 Å². The van der Waals surface area contributed by atoms with Crippen LogP contribution in [0.1, 0.15) is 5.56 Å². The molecule has 17 heavy (non-hydrogen) atoms. The molecular formula is C13H10ClNO2. The van der Waals surface area contributed by atoms with Gasteiger partial charge in [-0.15, -0.1) is 0 Å². The van der Waals surface area contributed by atoms with Crippen LogP contribution in [0.2, 0.25) is 5.15 Å². The molecule has 0 radical (unpaired) electrons. The van der Waals surface area contributed by atoms with Crippen LogP contribution in [0.5, 0.6) is 0 Å². The Morgan fingerprint density at radius 2 is 1.94 bits per heavy atom. The fraction of sp³-hybridized carbons (Fsp3) is 0.0769. The van der Waals surface area contributed by atoms with Crippen LogP contribution in [-0.4, -0.2) is 16.1 Å². The third-order valence-corrected chi connectivity index (χ3v) is 2.68. The van der Waals surface area contributed by atoms with Crippen molar-refractivity contribution < 1.29 is 9.90 Å². The van der Waals surface area contributed by atoms with E-state index in [4.69, 9.17) is 16.7 Å². The van der Waals surface area contributed by atoms with E-state index in [1.54, 1.807) is 6.07 Å². The predicted molar refractivity (Wildman–Crippen MR) is 66.0 cm³/mol. The zero-order valence-corrected chi connectivity index (χ0v) is 9.69. The number of hydrogen-bond acceptors (Lipinski definition) is 2. The highest BCUT2D eigenvalue weighted by Gasteiger charge is 2.12. The number of halogens is 1. The monoisotopic (exact) mass is 247 g/mol. The second-order valence-electron chi connectivity index (χ2n) is 3.57. The molecule has 0 aliphatic rings. The summed E-state index contributed by atoms with van der Waals surface area (Å²) in [7, 11) is 0. The van der Waals surface area contributed by atoms with Crippen molar-refractivity contribution in [3.63, 3.8) is 0 Å². The molecule has 0 amide bonds. The predicted octanol–water partition coefficient (Wildman–Crippen LogP) is 3.03. The van der Waals surface area contributed by atoms with E-state index in [1.165, 1.54) is 6.20 Å². The fourth-order valence-electron chi connectivity index (χ4n) is 1.69. The van der Waals surface area contributed by atoms with Crippen LogP contribution in [0.3, 0.4) is 0 Å². The summed E-state index contributed by atoms with van der Waals surface area (Å²) in [6.07, 6.45) is 1.46. The van der Waals surface area contributed by atoms with Crippen molar-refractivity contribution in [3.05, 3.63) is 53.3 Å². The number of carboxylic acid groups (broad SMARTS) is 1. The van der Waals surface area contributed by atoms with Gasteiger partial charge in [0.25, 0.3) is 0 Å². The summed E-state index contributed by atoms with van der Waals surface area (Å²) in [5.41, 5.74) is 2.24. The van der Waals surface area contributed by atoms with Crippen molar-refractivity contribution >= 4 is 17.6 Å². The molecule has 4 heteroatoms. The summed E-state index contributed by atoms with van der Waals surface area (Å²) < 4.78 is 0. The Bertz CT molecular complexity index is 540. The lowest BCUT2D eigenvalue weighted by Gasteiger charge is -2.09. The lowest BCUT2D eigenvalue weighted by atomic mass is 10.00. The molecule has 0 unspecified atom stereocenters. The van der Waals surface area contributed by atoms with Gasteiger partial charge in [0.05, 0.1) is 6.42 Å². The number of carboxylic acids is 1. The lowest BCUT2D eigenvalue weighted by molar-refractivity contribution is -0.136. The molecule has 0 atom stereocenters. The van der Waals surface area contributed by atoms with Crippen molar-refractivity contribution in [2.45, 2.75) is 6.42 Å². The van der Waals surface area contributed by atoms with Crippen molar-refractivity contribution in [1.29, 1.82) is 0 Å². The van der Waals surface area contributed by atoms with E-state index >= 15 is 0 Å². The molecule has 2 aromatic rings. The average molecular weight is 248 g/mol. The first-order valence-corrected chi connectivity index (χ1v) is 5.47. The Hall–Kier alpha value is -1.87. The Morgan fingerprint density at radius 1 is 1.24 bits per heavy atom. The fourth-order valence-corrected chi connectivity index (χ4v) is 1.98. The highest BCUT2D eigenvalue weighted by atomic mass is 35.5. The number of hydrogen-bond donors (Lipinski definition) is 1. The van der Waals surface area contributed by atoms with E-state index in [1.807, 2.05) is 30.3 Å². The molecule has 0 saturated heterocycles. The molecule has 86 valence electrons. The average Bonchev–Trinajstić information content (AvgIpc) is 2.29. The first kappa shape index (κ1) is 11.6. The lowest BCUT2D eigenvalue weighted by Crippen LogP contribution is -2.02. The summed E-state index contributed by atoms with van der Waals surface area (Å²) in [4.78, 5) is 14.8. The number of aromatic nitrogens is 1. The van der Waals surface area contributed by atoms with E-state index in [-0.39, 0.29) is 6.42 Å². The largest absolute Gasteiger partial charge is 0.481 e. The minimum atomic E-state index is -0.885. The van der Waals surface area contributed by atoms with Gasteiger partial charge >= 0.3 is 5.97 Å². The molecule has 2 rings (SSSR count). The Labute approximate surface area is 104 Å². The van der Waals surface area contributed by atoms with E-state index in [9.17, 15) is 4.79 Å². The van der Waals surface area contributed by atoms with Crippen LogP contribution in [0.4, 0.5) is 0 Å². The van der Waals surface area contributed by atoms with Crippen molar-refractivity contribution in [2.24, 2.45) is 0 Å². The molecule has 0 aliphatic carbocycles. The Balaban J connectivity index is 2.55. The summed E-state index contributed by atoms with van der Waals surface area (Å²) in [5, 5.41) is 9.19. The van der Waals surface area contributed by atoms with Gasteiger partial charge in [-0.25, -0.2) is 4.98 Å². The summed E-state index contributed by atoms with van der Waals surface area (Å²) in [6, 6.07) is 11.1. The van der Waals surface area contributed by atoms with E-state index < -0.39 is 5.97 Å². The summed E-state index contributed by atoms with van der Waals surface area (Å²) >= 11 is 6.04. The SMILES string of the molecule is O=C(O)Cc1ccnc(Cl)c1-c1ccccc1. The number of aliphatic carboxylic acids is 1. The smallest absolute Gasteiger partial charge is 0.307 e. The highest BCUT2D eigenvalue weighted by Crippen LogP contribution is 2.29. The molecule has 0 fully saturated rings. The van der Waals surface area contributed by atoms with Gasteiger partial charge in [0.2, 0.25) is 0 Å². The van der Waals surface area contributed by atoms with E-state index in [0.29, 0.717) is 16.3 Å². The number of pyridine rings is 1. The van der Waals surface area contributed by atoms with Crippen molar-refractivity contribution in [1.82, 2.24) is 4.98 Å². The van der Waals surface area contributed by atoms with Gasteiger partial charge in [0, 0.05) is 11.8 Å². The minimum absolute atomic E-state index is 0.0630. The number of carbonyl (C=O) groups is 1. The highest BCUT2D eigenvalue weighted by molar-refractivity contribution is 6.32. The van der Waals surface area contributed by atoms with Gasteiger partial charge in [0.15, 0.2) is 0 Å². The standard InChI is InChI=1S/C13H10ClNO2/c14-13-12(9-4-2-1-3-5-9)10(6-7-15-13)8-11(16)17/h1-7H,8H2,(H,16,17). The van der Waals surface area contributed by atoms with E-state index in [0.717, 1.165) is 5.56 Å². The van der Waals surface area contributed by atoms with Crippen LogP contribution < -0.4 is 0 Å². The van der Waals surface area contributed by atoms with Crippen LogP contribution in [-0.2, 0) is 11.2 Å². The van der Waals surface area contributed by atoms with Crippen LogP contribution in [0, 0.1) is 0 Å². The molecule has 0 saturated carbocycles. The molecule has 1 aromatic carbocycles. The molecule has 0 bridgehead atoms. The zero-order chi connectivity index (χ0) is 12.3. The maximum atomic E-state index is 10.8. The van der Waals surface area contributed by atoms with Gasteiger partial charge < -0.3 is 5.11 Å². The molecule has 0 aliphatic heterocycles.